The predicted octanol–water partition coefficient (Wildman–Crippen LogP) is 4.97. The van der Waals surface area contributed by atoms with Crippen molar-refractivity contribution in [3.05, 3.63) is 71.9 Å². The minimum absolute atomic E-state index is 0.0492. The van der Waals surface area contributed by atoms with Crippen LogP contribution in [0.5, 0.6) is 0 Å². The van der Waals surface area contributed by atoms with Gasteiger partial charge in [-0.1, -0.05) is 43.3 Å². The van der Waals surface area contributed by atoms with E-state index in [1.807, 2.05) is 64.5 Å². The first kappa shape index (κ1) is 16.5. The summed E-state index contributed by atoms with van der Waals surface area (Å²) in [5.41, 5.74) is 3.80. The molecule has 1 amide bonds. The summed E-state index contributed by atoms with van der Waals surface area (Å²) >= 11 is 1.66. The molecule has 0 bridgehead atoms. The van der Waals surface area contributed by atoms with Crippen molar-refractivity contribution in [3.8, 4) is 10.4 Å². The fraction of sp³-hybridized carbons (Fsp3) is 0.143. The van der Waals surface area contributed by atoms with Gasteiger partial charge in [0.1, 0.15) is 12.4 Å². The molecule has 4 rings (SSSR count). The summed E-state index contributed by atoms with van der Waals surface area (Å²) in [6.45, 7) is 2.31. The number of carbonyl (C=O) groups is 1. The molecule has 2 aromatic heterocycles. The average Bonchev–Trinajstić information content (AvgIpc) is 3.30. The molecule has 26 heavy (non-hydrogen) atoms. The molecule has 0 radical (unpaired) electrons. The summed E-state index contributed by atoms with van der Waals surface area (Å²) in [6, 6.07) is 19.9. The van der Waals surface area contributed by atoms with Crippen molar-refractivity contribution in [3.63, 3.8) is 0 Å². The van der Waals surface area contributed by atoms with Crippen LogP contribution in [0.2, 0.25) is 0 Å². The second-order valence-corrected chi connectivity index (χ2v) is 6.98. The van der Waals surface area contributed by atoms with Crippen molar-refractivity contribution in [1.82, 2.24) is 9.55 Å². The van der Waals surface area contributed by atoms with Crippen molar-refractivity contribution < 1.29 is 4.79 Å². The van der Waals surface area contributed by atoms with Crippen LogP contribution in [-0.4, -0.2) is 15.5 Å². The molecule has 0 saturated carbocycles. The quantitative estimate of drug-likeness (QED) is 0.546. The van der Waals surface area contributed by atoms with Gasteiger partial charge in [-0.25, -0.2) is 4.98 Å². The van der Waals surface area contributed by atoms with E-state index in [-0.39, 0.29) is 12.5 Å². The van der Waals surface area contributed by atoms with Crippen molar-refractivity contribution >= 4 is 34.0 Å². The molecule has 4 aromatic rings. The molecule has 0 unspecified atom stereocenters. The van der Waals surface area contributed by atoms with Gasteiger partial charge in [-0.2, -0.15) is 0 Å². The number of thiophene rings is 1. The van der Waals surface area contributed by atoms with E-state index in [4.69, 9.17) is 0 Å². The summed E-state index contributed by atoms with van der Waals surface area (Å²) in [6.07, 6.45) is 0.785. The molecular formula is C21H19N3OS. The highest BCUT2D eigenvalue weighted by Gasteiger charge is 2.14. The van der Waals surface area contributed by atoms with E-state index < -0.39 is 0 Å². The summed E-state index contributed by atoms with van der Waals surface area (Å²) in [5, 5.41) is 5.11. The largest absolute Gasteiger partial charge is 0.324 e. The van der Waals surface area contributed by atoms with Crippen LogP contribution in [0.1, 0.15) is 12.7 Å². The van der Waals surface area contributed by atoms with Crippen LogP contribution in [0, 0.1) is 0 Å². The number of nitrogens with one attached hydrogen (secondary N) is 1. The molecular weight excluding hydrogens is 342 g/mol. The first-order chi connectivity index (χ1) is 12.8. The normalized spacial score (nSPS) is 11.0. The van der Waals surface area contributed by atoms with Gasteiger partial charge in [0, 0.05) is 22.5 Å². The van der Waals surface area contributed by atoms with Gasteiger partial charge in [0.15, 0.2) is 0 Å². The van der Waals surface area contributed by atoms with Crippen molar-refractivity contribution in [1.29, 1.82) is 0 Å². The molecule has 0 spiro atoms. The molecule has 1 N–H and O–H groups in total. The maximum Gasteiger partial charge on any atom is 0.244 e. The number of benzene rings is 2. The van der Waals surface area contributed by atoms with E-state index in [0.29, 0.717) is 0 Å². The molecule has 4 nitrogen and oxygen atoms in total. The lowest BCUT2D eigenvalue weighted by Gasteiger charge is -2.12. The molecule has 0 atom stereocenters. The third-order valence-electron chi connectivity index (χ3n) is 4.34. The number of hydrogen-bond acceptors (Lipinski definition) is 3. The zero-order chi connectivity index (χ0) is 17.9. The number of imidazole rings is 1. The number of nitrogens with zero attached hydrogens (tertiary/aromatic N) is 2. The highest BCUT2D eigenvalue weighted by molar-refractivity contribution is 7.13. The Labute approximate surface area is 156 Å². The lowest BCUT2D eigenvalue weighted by molar-refractivity contribution is -0.116. The zero-order valence-corrected chi connectivity index (χ0v) is 15.3. The van der Waals surface area contributed by atoms with Gasteiger partial charge in [0.05, 0.1) is 11.0 Å². The second kappa shape index (κ2) is 7.14. The molecule has 0 fully saturated rings. The van der Waals surface area contributed by atoms with Crippen LogP contribution in [0.25, 0.3) is 21.5 Å². The van der Waals surface area contributed by atoms with E-state index >= 15 is 0 Å². The van der Waals surface area contributed by atoms with Gasteiger partial charge in [0.25, 0.3) is 0 Å². The zero-order valence-electron chi connectivity index (χ0n) is 14.5. The Kier molecular flexibility index (Phi) is 4.54. The third-order valence-corrected chi connectivity index (χ3v) is 5.24. The van der Waals surface area contributed by atoms with E-state index in [0.717, 1.165) is 39.4 Å². The summed E-state index contributed by atoms with van der Waals surface area (Å²) in [5.74, 6) is 0.875. The molecule has 5 heteroatoms. The molecule has 0 aliphatic rings. The van der Waals surface area contributed by atoms with Crippen LogP contribution < -0.4 is 5.32 Å². The molecule has 0 saturated heterocycles. The maximum absolute atomic E-state index is 12.8. The number of fused-ring (bicyclic) bond motifs is 1. The van der Waals surface area contributed by atoms with Crippen LogP contribution in [0.15, 0.2) is 66.0 Å². The monoisotopic (exact) mass is 361 g/mol. The van der Waals surface area contributed by atoms with E-state index in [9.17, 15) is 4.79 Å². The summed E-state index contributed by atoms with van der Waals surface area (Å²) in [4.78, 5) is 18.5. The third kappa shape index (κ3) is 3.13. The first-order valence-electron chi connectivity index (χ1n) is 8.63. The van der Waals surface area contributed by atoms with E-state index in [1.165, 1.54) is 0 Å². The molecule has 0 aliphatic heterocycles. The van der Waals surface area contributed by atoms with Crippen LogP contribution in [0.4, 0.5) is 5.69 Å². The Balaban J connectivity index is 1.61. The lowest BCUT2D eigenvalue weighted by atomic mass is 10.1. The Morgan fingerprint density at radius 2 is 1.88 bits per heavy atom. The van der Waals surface area contributed by atoms with Gasteiger partial charge in [-0.05, 0) is 29.6 Å². The van der Waals surface area contributed by atoms with Gasteiger partial charge < -0.3 is 9.88 Å². The highest BCUT2D eigenvalue weighted by atomic mass is 32.1. The number of rotatable bonds is 5. The highest BCUT2D eigenvalue weighted by Crippen LogP contribution is 2.31. The number of carbonyl (C=O) groups excluding carboxylic acids is 1. The van der Waals surface area contributed by atoms with Crippen molar-refractivity contribution in [2.75, 3.05) is 5.32 Å². The van der Waals surface area contributed by atoms with Gasteiger partial charge in [-0.3, -0.25) is 4.79 Å². The number of aromatic nitrogens is 2. The van der Waals surface area contributed by atoms with Gasteiger partial charge in [0.2, 0.25) is 5.91 Å². The topological polar surface area (TPSA) is 46.9 Å². The standard InChI is InChI=1S/C21H19N3OS/c1-2-20-22-17-10-5-6-11-18(17)24(20)14-21(25)23-16-9-4-3-8-15(16)19-12-7-13-26-19/h3-13H,2,14H2,1H3,(H,23,25). The van der Waals surface area contributed by atoms with Crippen LogP contribution in [0.3, 0.4) is 0 Å². The average molecular weight is 361 g/mol. The molecule has 130 valence electrons. The first-order valence-corrected chi connectivity index (χ1v) is 9.51. The maximum atomic E-state index is 12.8. The number of amides is 1. The molecule has 2 aromatic carbocycles. The number of aryl methyl sites for hydroxylation is 1. The Bertz CT molecular complexity index is 1050. The van der Waals surface area contributed by atoms with Crippen LogP contribution >= 0.6 is 11.3 Å². The van der Waals surface area contributed by atoms with E-state index in [2.05, 4.69) is 23.3 Å². The van der Waals surface area contributed by atoms with E-state index in [1.54, 1.807) is 11.3 Å². The minimum Gasteiger partial charge on any atom is -0.324 e. The number of para-hydroxylation sites is 3. The van der Waals surface area contributed by atoms with Gasteiger partial charge >= 0.3 is 0 Å². The Hall–Kier alpha value is -2.92. The fourth-order valence-electron chi connectivity index (χ4n) is 3.14. The smallest absolute Gasteiger partial charge is 0.244 e. The summed E-state index contributed by atoms with van der Waals surface area (Å²) < 4.78 is 2.00. The van der Waals surface area contributed by atoms with Gasteiger partial charge in [-0.15, -0.1) is 11.3 Å². The number of anilines is 1. The minimum atomic E-state index is -0.0492. The summed E-state index contributed by atoms with van der Waals surface area (Å²) in [7, 11) is 0. The lowest BCUT2D eigenvalue weighted by Crippen LogP contribution is -2.20. The van der Waals surface area contributed by atoms with Crippen molar-refractivity contribution in [2.45, 2.75) is 19.9 Å². The Morgan fingerprint density at radius 1 is 1.08 bits per heavy atom. The molecule has 2 heterocycles. The Morgan fingerprint density at radius 3 is 2.69 bits per heavy atom. The fourth-order valence-corrected chi connectivity index (χ4v) is 3.91. The van der Waals surface area contributed by atoms with Crippen molar-refractivity contribution in [2.24, 2.45) is 0 Å². The second-order valence-electron chi connectivity index (χ2n) is 6.03. The molecule has 0 aliphatic carbocycles. The predicted molar refractivity (Wildman–Crippen MR) is 107 cm³/mol. The SMILES string of the molecule is CCc1nc2ccccc2n1CC(=O)Nc1ccccc1-c1cccs1. The number of hydrogen-bond donors (Lipinski definition) is 1. The van der Waals surface area contributed by atoms with Crippen LogP contribution in [-0.2, 0) is 17.8 Å².